The van der Waals surface area contributed by atoms with E-state index in [0.717, 1.165) is 12.8 Å². The van der Waals surface area contributed by atoms with E-state index in [1.165, 1.54) is 11.3 Å². The third-order valence-electron chi connectivity index (χ3n) is 4.90. The predicted octanol–water partition coefficient (Wildman–Crippen LogP) is 2.19. The molecule has 23 heavy (non-hydrogen) atoms. The van der Waals surface area contributed by atoms with Crippen LogP contribution in [0.15, 0.2) is 34.4 Å². The summed E-state index contributed by atoms with van der Waals surface area (Å²) in [6.45, 7) is 0.350. The Morgan fingerprint density at radius 3 is 2.87 bits per heavy atom. The van der Waals surface area contributed by atoms with Crippen LogP contribution in [0.5, 0.6) is 0 Å². The SMILES string of the molecule is O=C(CN1[C@H]2CC[C@H]1CC(O)(c1ccco1)C2)Nc1nccs1. The van der Waals surface area contributed by atoms with Crippen LogP contribution in [-0.4, -0.2) is 39.5 Å². The second-order valence-corrected chi connectivity index (χ2v) is 7.25. The van der Waals surface area contributed by atoms with Crippen LogP contribution >= 0.6 is 11.3 Å². The molecule has 0 aromatic carbocycles. The molecular formula is C16H19N3O3S. The van der Waals surface area contributed by atoms with Crippen molar-refractivity contribution >= 4 is 22.4 Å². The third kappa shape index (κ3) is 2.80. The maximum absolute atomic E-state index is 12.2. The normalized spacial score (nSPS) is 30.5. The van der Waals surface area contributed by atoms with Crippen molar-refractivity contribution in [3.05, 3.63) is 35.7 Å². The summed E-state index contributed by atoms with van der Waals surface area (Å²) in [5.74, 6) is 0.599. The maximum atomic E-state index is 12.2. The number of furan rings is 1. The number of aliphatic hydroxyl groups is 1. The molecule has 2 fully saturated rings. The van der Waals surface area contributed by atoms with Crippen LogP contribution in [0.1, 0.15) is 31.4 Å². The van der Waals surface area contributed by atoms with Crippen molar-refractivity contribution < 1.29 is 14.3 Å². The lowest BCUT2D eigenvalue weighted by Gasteiger charge is -2.42. The average molecular weight is 333 g/mol. The molecule has 0 unspecified atom stereocenters. The Hall–Kier alpha value is -1.70. The Labute approximate surface area is 138 Å². The zero-order valence-electron chi connectivity index (χ0n) is 12.6. The number of anilines is 1. The minimum atomic E-state index is -0.905. The number of nitrogens with zero attached hydrogens (tertiary/aromatic N) is 2. The lowest BCUT2D eigenvalue weighted by Crippen LogP contribution is -2.51. The van der Waals surface area contributed by atoms with Crippen molar-refractivity contribution in [3.8, 4) is 0 Å². The van der Waals surface area contributed by atoms with Crippen LogP contribution in [0.3, 0.4) is 0 Å². The molecule has 2 aliphatic rings. The maximum Gasteiger partial charge on any atom is 0.240 e. The van der Waals surface area contributed by atoms with Gasteiger partial charge in [-0.3, -0.25) is 9.69 Å². The van der Waals surface area contributed by atoms with Crippen molar-refractivity contribution in [3.63, 3.8) is 0 Å². The standard InChI is InChI=1S/C16H19N3O3S/c20-14(18-15-17-5-7-23-15)10-19-11-3-4-12(19)9-16(21,8-11)13-2-1-6-22-13/h1-2,5-7,11-12,21H,3-4,8-10H2,(H,17,18,20)/t11-,12-/m0/s1. The highest BCUT2D eigenvalue weighted by Crippen LogP contribution is 2.45. The molecule has 2 aliphatic heterocycles. The molecule has 2 aromatic heterocycles. The molecular weight excluding hydrogens is 314 g/mol. The molecule has 6 nitrogen and oxygen atoms in total. The van der Waals surface area contributed by atoms with Crippen LogP contribution < -0.4 is 5.32 Å². The van der Waals surface area contributed by atoms with Crippen molar-refractivity contribution in [2.45, 2.75) is 43.4 Å². The van der Waals surface area contributed by atoms with Crippen LogP contribution in [-0.2, 0) is 10.4 Å². The van der Waals surface area contributed by atoms with E-state index in [0.29, 0.717) is 30.3 Å². The van der Waals surface area contributed by atoms with Gasteiger partial charge in [0.2, 0.25) is 5.91 Å². The molecule has 2 atom stereocenters. The molecule has 4 heterocycles. The summed E-state index contributed by atoms with van der Waals surface area (Å²) in [5.41, 5.74) is -0.905. The molecule has 0 radical (unpaired) electrons. The zero-order chi connectivity index (χ0) is 15.9. The van der Waals surface area contributed by atoms with Gasteiger partial charge in [0.1, 0.15) is 11.4 Å². The molecule has 2 aromatic rings. The van der Waals surface area contributed by atoms with Crippen LogP contribution in [0.4, 0.5) is 5.13 Å². The molecule has 2 N–H and O–H groups in total. The largest absolute Gasteiger partial charge is 0.466 e. The quantitative estimate of drug-likeness (QED) is 0.897. The second kappa shape index (κ2) is 5.74. The van der Waals surface area contributed by atoms with Crippen LogP contribution in [0, 0.1) is 0 Å². The van der Waals surface area contributed by atoms with Crippen molar-refractivity contribution in [1.29, 1.82) is 0 Å². The fourth-order valence-electron chi connectivity index (χ4n) is 3.93. The smallest absolute Gasteiger partial charge is 0.240 e. The number of piperidine rings is 1. The number of nitrogens with one attached hydrogen (secondary N) is 1. The molecule has 7 heteroatoms. The minimum Gasteiger partial charge on any atom is -0.466 e. The molecule has 122 valence electrons. The van der Waals surface area contributed by atoms with E-state index in [-0.39, 0.29) is 18.0 Å². The first-order valence-corrected chi connectivity index (χ1v) is 8.73. The summed E-state index contributed by atoms with van der Waals surface area (Å²) in [7, 11) is 0. The van der Waals surface area contributed by atoms with Crippen LogP contribution in [0.25, 0.3) is 0 Å². The van der Waals surface area contributed by atoms with Crippen molar-refractivity contribution in [1.82, 2.24) is 9.88 Å². The zero-order valence-corrected chi connectivity index (χ0v) is 13.5. The fourth-order valence-corrected chi connectivity index (χ4v) is 4.47. The van der Waals surface area contributed by atoms with Gasteiger partial charge in [-0.05, 0) is 37.8 Å². The molecule has 0 aliphatic carbocycles. The molecule has 2 bridgehead atoms. The van der Waals surface area contributed by atoms with Gasteiger partial charge in [-0.2, -0.15) is 0 Å². The van der Waals surface area contributed by atoms with E-state index in [1.54, 1.807) is 12.5 Å². The van der Waals surface area contributed by atoms with Gasteiger partial charge in [0.15, 0.2) is 5.13 Å². The number of carbonyl (C=O) groups is 1. The molecule has 4 rings (SSSR count). The minimum absolute atomic E-state index is 0.0414. The lowest BCUT2D eigenvalue weighted by molar-refractivity contribution is -0.121. The molecule has 1 amide bonds. The Bertz CT molecular complexity index is 657. The highest BCUT2D eigenvalue weighted by Gasteiger charge is 2.49. The fraction of sp³-hybridized carbons (Fsp3) is 0.500. The highest BCUT2D eigenvalue weighted by molar-refractivity contribution is 7.13. The van der Waals surface area contributed by atoms with E-state index >= 15 is 0 Å². The van der Waals surface area contributed by atoms with Gasteiger partial charge >= 0.3 is 0 Å². The van der Waals surface area contributed by atoms with E-state index in [4.69, 9.17) is 4.42 Å². The number of carbonyl (C=O) groups excluding carboxylic acids is 1. The first-order chi connectivity index (χ1) is 11.1. The molecule has 2 saturated heterocycles. The van der Waals surface area contributed by atoms with Gasteiger partial charge in [0.25, 0.3) is 0 Å². The van der Waals surface area contributed by atoms with E-state index in [9.17, 15) is 9.90 Å². The van der Waals surface area contributed by atoms with Gasteiger partial charge in [-0.15, -0.1) is 11.3 Å². The van der Waals surface area contributed by atoms with E-state index < -0.39 is 5.60 Å². The summed E-state index contributed by atoms with van der Waals surface area (Å²) in [4.78, 5) is 18.5. The van der Waals surface area contributed by atoms with Crippen molar-refractivity contribution in [2.24, 2.45) is 0 Å². The number of rotatable bonds is 4. The first kappa shape index (κ1) is 14.9. The van der Waals surface area contributed by atoms with Gasteiger partial charge in [-0.25, -0.2) is 4.98 Å². The monoisotopic (exact) mass is 333 g/mol. The topological polar surface area (TPSA) is 78.6 Å². The van der Waals surface area contributed by atoms with Gasteiger partial charge in [0, 0.05) is 23.7 Å². The Kier molecular flexibility index (Phi) is 3.71. The number of hydrogen-bond acceptors (Lipinski definition) is 6. The Balaban J connectivity index is 1.43. The van der Waals surface area contributed by atoms with Gasteiger partial charge < -0.3 is 14.8 Å². The predicted molar refractivity (Wildman–Crippen MR) is 86.1 cm³/mol. The second-order valence-electron chi connectivity index (χ2n) is 6.36. The summed E-state index contributed by atoms with van der Waals surface area (Å²) in [5, 5.41) is 16.2. The third-order valence-corrected chi connectivity index (χ3v) is 5.59. The first-order valence-electron chi connectivity index (χ1n) is 7.85. The average Bonchev–Trinajstić information content (AvgIpc) is 3.23. The summed E-state index contributed by atoms with van der Waals surface area (Å²) >= 11 is 1.41. The number of amides is 1. The highest BCUT2D eigenvalue weighted by atomic mass is 32.1. The van der Waals surface area contributed by atoms with Crippen molar-refractivity contribution in [2.75, 3.05) is 11.9 Å². The Morgan fingerprint density at radius 1 is 1.48 bits per heavy atom. The number of aromatic nitrogens is 1. The number of thiazole rings is 1. The van der Waals surface area contributed by atoms with Crippen LogP contribution in [0.2, 0.25) is 0 Å². The van der Waals surface area contributed by atoms with Gasteiger partial charge in [-0.1, -0.05) is 0 Å². The molecule has 0 spiro atoms. The number of hydrogen-bond donors (Lipinski definition) is 2. The number of fused-ring (bicyclic) bond motifs is 2. The summed E-state index contributed by atoms with van der Waals surface area (Å²) < 4.78 is 5.43. The Morgan fingerprint density at radius 2 is 2.26 bits per heavy atom. The summed E-state index contributed by atoms with van der Waals surface area (Å²) in [6, 6.07) is 4.07. The lowest BCUT2D eigenvalue weighted by atomic mass is 9.84. The van der Waals surface area contributed by atoms with E-state index in [1.807, 2.05) is 17.5 Å². The van der Waals surface area contributed by atoms with Gasteiger partial charge in [0.05, 0.1) is 12.8 Å². The summed E-state index contributed by atoms with van der Waals surface area (Å²) in [6.07, 6.45) is 6.52. The van der Waals surface area contributed by atoms with E-state index in [2.05, 4.69) is 15.2 Å². The molecule has 0 saturated carbocycles.